The molecule has 0 saturated heterocycles. The van der Waals surface area contributed by atoms with Crippen molar-refractivity contribution in [2.45, 2.75) is 32.0 Å². The summed E-state index contributed by atoms with van der Waals surface area (Å²) in [5.74, 6) is -0.792. The SMILES string of the molecule is COC(=O)c1ccc(NC(=O)CCNC(=O)C(Br)C(C)(C)C)cc1. The Bertz CT molecular complexity index is 594. The fraction of sp³-hybridized carbons (Fsp3) is 0.471. The molecule has 0 saturated carbocycles. The Balaban J connectivity index is 2.42. The van der Waals surface area contributed by atoms with Gasteiger partial charge in [-0.2, -0.15) is 0 Å². The molecule has 0 bridgehead atoms. The molecule has 0 fully saturated rings. The lowest BCUT2D eigenvalue weighted by Crippen LogP contribution is -2.39. The number of alkyl halides is 1. The van der Waals surface area contributed by atoms with Crippen LogP contribution in [0.15, 0.2) is 24.3 Å². The minimum atomic E-state index is -0.432. The summed E-state index contributed by atoms with van der Waals surface area (Å²) in [7, 11) is 1.31. The molecule has 24 heavy (non-hydrogen) atoms. The highest BCUT2D eigenvalue weighted by molar-refractivity contribution is 9.10. The van der Waals surface area contributed by atoms with Gasteiger partial charge in [-0.05, 0) is 29.7 Å². The van der Waals surface area contributed by atoms with E-state index in [-0.39, 0.29) is 35.0 Å². The molecular weight excluding hydrogens is 376 g/mol. The second kappa shape index (κ2) is 8.82. The molecule has 1 atom stereocenters. The number of amides is 2. The van der Waals surface area contributed by atoms with Crippen molar-refractivity contribution in [3.8, 4) is 0 Å². The second-order valence-electron chi connectivity index (χ2n) is 6.39. The van der Waals surface area contributed by atoms with Gasteiger partial charge < -0.3 is 15.4 Å². The normalized spacial score (nSPS) is 12.2. The minimum absolute atomic E-state index is 0.141. The van der Waals surface area contributed by atoms with E-state index in [9.17, 15) is 14.4 Å². The van der Waals surface area contributed by atoms with Crippen molar-refractivity contribution in [2.24, 2.45) is 5.41 Å². The number of esters is 1. The van der Waals surface area contributed by atoms with Crippen molar-refractivity contribution in [1.29, 1.82) is 0 Å². The molecule has 0 aliphatic carbocycles. The van der Waals surface area contributed by atoms with Gasteiger partial charge in [-0.1, -0.05) is 36.7 Å². The van der Waals surface area contributed by atoms with E-state index < -0.39 is 5.97 Å². The first kappa shape index (κ1) is 20.2. The predicted octanol–water partition coefficient (Wildman–Crippen LogP) is 2.73. The molecule has 0 aliphatic heterocycles. The van der Waals surface area contributed by atoms with Crippen LogP contribution in [0.5, 0.6) is 0 Å². The second-order valence-corrected chi connectivity index (χ2v) is 7.30. The highest BCUT2D eigenvalue weighted by Crippen LogP contribution is 2.25. The van der Waals surface area contributed by atoms with E-state index in [1.54, 1.807) is 24.3 Å². The quantitative estimate of drug-likeness (QED) is 0.569. The largest absolute Gasteiger partial charge is 0.465 e. The van der Waals surface area contributed by atoms with Gasteiger partial charge in [0.25, 0.3) is 0 Å². The van der Waals surface area contributed by atoms with Gasteiger partial charge in [-0.3, -0.25) is 9.59 Å². The maximum Gasteiger partial charge on any atom is 0.337 e. The van der Waals surface area contributed by atoms with Crippen molar-refractivity contribution < 1.29 is 19.1 Å². The van der Waals surface area contributed by atoms with Crippen LogP contribution in [0.25, 0.3) is 0 Å². The van der Waals surface area contributed by atoms with Crippen molar-refractivity contribution >= 4 is 39.4 Å². The Kier molecular flexibility index (Phi) is 7.41. The van der Waals surface area contributed by atoms with Crippen LogP contribution in [0.4, 0.5) is 5.69 Å². The number of rotatable bonds is 6. The average molecular weight is 399 g/mol. The number of anilines is 1. The maximum absolute atomic E-state index is 11.9. The first-order valence-electron chi connectivity index (χ1n) is 7.55. The van der Waals surface area contributed by atoms with Crippen LogP contribution < -0.4 is 10.6 Å². The van der Waals surface area contributed by atoms with Gasteiger partial charge in [0.2, 0.25) is 11.8 Å². The van der Waals surface area contributed by atoms with Crippen molar-refractivity contribution in [2.75, 3.05) is 19.0 Å². The van der Waals surface area contributed by atoms with Gasteiger partial charge in [0.15, 0.2) is 0 Å². The number of methoxy groups -OCH3 is 1. The molecular formula is C17H23BrN2O4. The summed E-state index contributed by atoms with van der Waals surface area (Å²) in [5.41, 5.74) is 0.786. The summed E-state index contributed by atoms with van der Waals surface area (Å²) >= 11 is 3.36. The third-order valence-electron chi connectivity index (χ3n) is 3.23. The summed E-state index contributed by atoms with van der Waals surface area (Å²) in [6.07, 6.45) is 0.161. The van der Waals surface area contributed by atoms with E-state index in [0.29, 0.717) is 11.3 Å². The van der Waals surface area contributed by atoms with E-state index in [0.717, 1.165) is 0 Å². The van der Waals surface area contributed by atoms with E-state index in [1.807, 2.05) is 20.8 Å². The van der Waals surface area contributed by atoms with Crippen LogP contribution in [0.1, 0.15) is 37.6 Å². The lowest BCUT2D eigenvalue weighted by Gasteiger charge is -2.24. The number of halogens is 1. The van der Waals surface area contributed by atoms with Gasteiger partial charge in [-0.25, -0.2) is 4.79 Å². The number of carbonyl (C=O) groups excluding carboxylic acids is 3. The summed E-state index contributed by atoms with van der Waals surface area (Å²) in [4.78, 5) is 34.8. The van der Waals surface area contributed by atoms with E-state index in [4.69, 9.17) is 0 Å². The van der Waals surface area contributed by atoms with E-state index in [1.165, 1.54) is 7.11 Å². The fourth-order valence-corrected chi connectivity index (χ4v) is 1.97. The van der Waals surface area contributed by atoms with Gasteiger partial charge in [0, 0.05) is 18.7 Å². The molecule has 0 spiro atoms. The third-order valence-corrected chi connectivity index (χ3v) is 5.02. The first-order chi connectivity index (χ1) is 11.1. The number of benzene rings is 1. The topological polar surface area (TPSA) is 84.5 Å². The highest BCUT2D eigenvalue weighted by Gasteiger charge is 2.28. The molecule has 0 heterocycles. The highest BCUT2D eigenvalue weighted by atomic mass is 79.9. The van der Waals surface area contributed by atoms with Crippen molar-refractivity contribution in [3.05, 3.63) is 29.8 Å². The first-order valence-corrected chi connectivity index (χ1v) is 8.46. The van der Waals surface area contributed by atoms with E-state index >= 15 is 0 Å². The predicted molar refractivity (Wildman–Crippen MR) is 96.2 cm³/mol. The van der Waals surface area contributed by atoms with Crippen LogP contribution in [-0.4, -0.2) is 36.3 Å². The monoisotopic (exact) mass is 398 g/mol. The van der Waals surface area contributed by atoms with Crippen LogP contribution in [0, 0.1) is 5.41 Å². The number of ether oxygens (including phenoxy) is 1. The van der Waals surface area contributed by atoms with Crippen LogP contribution in [0.2, 0.25) is 0 Å². The van der Waals surface area contributed by atoms with Gasteiger partial charge in [0.05, 0.1) is 17.5 Å². The molecule has 132 valence electrons. The smallest absolute Gasteiger partial charge is 0.337 e. The molecule has 2 amide bonds. The lowest BCUT2D eigenvalue weighted by atomic mass is 9.92. The molecule has 0 aromatic heterocycles. The van der Waals surface area contributed by atoms with Gasteiger partial charge >= 0.3 is 5.97 Å². The standard InChI is InChI=1S/C17H23BrN2O4/c1-17(2,3)14(18)15(22)19-10-9-13(21)20-12-7-5-11(6-8-12)16(23)24-4/h5-8,14H,9-10H2,1-4H3,(H,19,22)(H,20,21). The summed E-state index contributed by atoms with van der Waals surface area (Å²) in [5, 5.41) is 5.43. The Morgan fingerprint density at radius 1 is 1.17 bits per heavy atom. The zero-order valence-corrected chi connectivity index (χ0v) is 15.9. The molecule has 0 radical (unpaired) electrons. The van der Waals surface area contributed by atoms with Gasteiger partial charge in [0.1, 0.15) is 0 Å². The molecule has 1 rings (SSSR count). The summed E-state index contributed by atoms with van der Waals surface area (Å²) in [6, 6.07) is 6.39. The molecule has 1 unspecified atom stereocenters. The maximum atomic E-state index is 11.9. The molecule has 7 heteroatoms. The van der Waals surface area contributed by atoms with E-state index in [2.05, 4.69) is 31.3 Å². The zero-order chi connectivity index (χ0) is 18.3. The number of carbonyl (C=O) groups is 3. The molecule has 1 aromatic rings. The third kappa shape index (κ3) is 6.31. The van der Waals surface area contributed by atoms with Crippen LogP contribution >= 0.6 is 15.9 Å². The van der Waals surface area contributed by atoms with Crippen molar-refractivity contribution in [1.82, 2.24) is 5.32 Å². The lowest BCUT2D eigenvalue weighted by molar-refractivity contribution is -0.122. The number of nitrogens with one attached hydrogen (secondary N) is 2. The average Bonchev–Trinajstić information content (AvgIpc) is 2.53. The number of hydrogen-bond donors (Lipinski definition) is 2. The van der Waals surface area contributed by atoms with Crippen LogP contribution in [0.3, 0.4) is 0 Å². The van der Waals surface area contributed by atoms with Crippen molar-refractivity contribution in [3.63, 3.8) is 0 Å². The Labute approximate surface area is 150 Å². The Hall–Kier alpha value is -1.89. The number of hydrogen-bond acceptors (Lipinski definition) is 4. The molecule has 1 aromatic carbocycles. The molecule has 2 N–H and O–H groups in total. The Morgan fingerprint density at radius 2 is 1.75 bits per heavy atom. The molecule has 0 aliphatic rings. The summed E-state index contributed by atoms with van der Waals surface area (Å²) in [6.45, 7) is 6.12. The van der Waals surface area contributed by atoms with Crippen LogP contribution in [-0.2, 0) is 14.3 Å². The fourth-order valence-electron chi connectivity index (χ4n) is 1.81. The zero-order valence-electron chi connectivity index (χ0n) is 14.3. The summed E-state index contributed by atoms with van der Waals surface area (Å²) < 4.78 is 4.61. The molecule has 6 nitrogen and oxygen atoms in total. The Morgan fingerprint density at radius 3 is 2.25 bits per heavy atom. The minimum Gasteiger partial charge on any atom is -0.465 e. The van der Waals surface area contributed by atoms with Gasteiger partial charge in [-0.15, -0.1) is 0 Å².